The molecule has 0 aromatic heterocycles. The number of aliphatic hydroxyl groups excluding tert-OH is 1. The zero-order chi connectivity index (χ0) is 10.0. The fourth-order valence-electron chi connectivity index (χ4n) is 1.33. The largest absolute Gasteiger partial charge is 0.386 e. The summed E-state index contributed by atoms with van der Waals surface area (Å²) in [5.41, 5.74) is 0.225. The molecule has 1 aromatic rings. The summed E-state index contributed by atoms with van der Waals surface area (Å²) >= 11 is 0. The first kappa shape index (κ1) is 9.44. The van der Waals surface area contributed by atoms with E-state index in [2.05, 4.69) is 0 Å². The fourth-order valence-corrected chi connectivity index (χ4v) is 1.33. The molecule has 1 saturated carbocycles. The number of hydrogen-bond acceptors (Lipinski definition) is 2. The Morgan fingerprint density at radius 2 is 1.86 bits per heavy atom. The van der Waals surface area contributed by atoms with E-state index < -0.39 is 11.7 Å². The third-order valence-electron chi connectivity index (χ3n) is 2.49. The van der Waals surface area contributed by atoms with Crippen molar-refractivity contribution in [2.75, 3.05) is 0 Å². The molecule has 2 rings (SSSR count). The van der Waals surface area contributed by atoms with Crippen LogP contribution < -0.4 is 0 Å². The summed E-state index contributed by atoms with van der Waals surface area (Å²) in [4.78, 5) is 0. The Morgan fingerprint density at radius 3 is 2.43 bits per heavy atom. The van der Waals surface area contributed by atoms with Crippen molar-refractivity contribution in [3.63, 3.8) is 0 Å². The van der Waals surface area contributed by atoms with Crippen LogP contribution in [0.25, 0.3) is 0 Å². The summed E-state index contributed by atoms with van der Waals surface area (Å²) in [5, 5.41) is 19.2. The zero-order valence-electron chi connectivity index (χ0n) is 7.93. The highest BCUT2D eigenvalue weighted by Crippen LogP contribution is 2.36. The first-order valence-electron chi connectivity index (χ1n) is 4.84. The molecule has 14 heavy (non-hydrogen) atoms. The lowest BCUT2D eigenvalue weighted by atomic mass is 10.1. The van der Waals surface area contributed by atoms with E-state index in [-0.39, 0.29) is 0 Å². The second kappa shape index (κ2) is 3.56. The van der Waals surface area contributed by atoms with Crippen molar-refractivity contribution >= 4 is 0 Å². The Hall–Kier alpha value is -1.12. The summed E-state index contributed by atoms with van der Waals surface area (Å²) < 4.78 is 0. The van der Waals surface area contributed by atoms with Crippen LogP contribution in [0.1, 0.15) is 24.5 Å². The van der Waals surface area contributed by atoms with Crippen LogP contribution in [0.4, 0.5) is 0 Å². The normalized spacial score (nSPS) is 21.0. The van der Waals surface area contributed by atoms with Crippen LogP contribution in [0.5, 0.6) is 0 Å². The molecule has 0 amide bonds. The van der Waals surface area contributed by atoms with Gasteiger partial charge in [-0.3, -0.25) is 0 Å². The molecule has 74 valence electrons. The molecule has 1 atom stereocenters. The molecule has 0 saturated heterocycles. The van der Waals surface area contributed by atoms with Crippen LogP contribution in [-0.2, 0) is 0 Å². The molecule has 0 heterocycles. The molecule has 0 bridgehead atoms. The molecular formula is C12H14O2. The van der Waals surface area contributed by atoms with E-state index in [0.29, 0.717) is 0 Å². The van der Waals surface area contributed by atoms with E-state index in [1.54, 1.807) is 12.2 Å². The van der Waals surface area contributed by atoms with Gasteiger partial charge in [0.15, 0.2) is 0 Å². The Morgan fingerprint density at radius 1 is 1.21 bits per heavy atom. The van der Waals surface area contributed by atoms with Crippen LogP contribution in [0.15, 0.2) is 42.5 Å². The van der Waals surface area contributed by atoms with Crippen molar-refractivity contribution in [2.45, 2.75) is 24.5 Å². The molecule has 1 unspecified atom stereocenters. The molecular weight excluding hydrogens is 176 g/mol. The Balaban J connectivity index is 2.02. The number of benzene rings is 1. The van der Waals surface area contributed by atoms with Gasteiger partial charge in [-0.15, -0.1) is 0 Å². The van der Waals surface area contributed by atoms with E-state index in [4.69, 9.17) is 0 Å². The third kappa shape index (κ3) is 2.22. The summed E-state index contributed by atoms with van der Waals surface area (Å²) in [6, 6.07) is 9.42. The Bertz CT molecular complexity index is 325. The summed E-state index contributed by atoms with van der Waals surface area (Å²) in [5.74, 6) is 0. The van der Waals surface area contributed by atoms with Crippen molar-refractivity contribution in [1.82, 2.24) is 0 Å². The second-order valence-electron chi connectivity index (χ2n) is 3.82. The van der Waals surface area contributed by atoms with Gasteiger partial charge in [0.25, 0.3) is 0 Å². The molecule has 2 heteroatoms. The SMILES string of the molecule is OC(/C=C/C1(O)CC1)c1ccccc1. The van der Waals surface area contributed by atoms with E-state index in [1.165, 1.54) is 0 Å². The maximum atomic E-state index is 9.71. The molecule has 0 aliphatic heterocycles. The zero-order valence-corrected chi connectivity index (χ0v) is 7.93. The van der Waals surface area contributed by atoms with Crippen LogP contribution in [0, 0.1) is 0 Å². The predicted molar refractivity (Wildman–Crippen MR) is 54.7 cm³/mol. The van der Waals surface area contributed by atoms with Gasteiger partial charge in [-0.25, -0.2) is 0 Å². The average Bonchev–Trinajstić information content (AvgIpc) is 2.95. The lowest BCUT2D eigenvalue weighted by Gasteiger charge is -2.06. The summed E-state index contributed by atoms with van der Waals surface area (Å²) in [7, 11) is 0. The molecule has 0 radical (unpaired) electrons. The van der Waals surface area contributed by atoms with E-state index >= 15 is 0 Å². The van der Waals surface area contributed by atoms with Gasteiger partial charge in [0, 0.05) is 0 Å². The minimum Gasteiger partial charge on any atom is -0.386 e. The molecule has 1 aliphatic carbocycles. The van der Waals surface area contributed by atoms with Gasteiger partial charge in [-0.2, -0.15) is 0 Å². The van der Waals surface area contributed by atoms with Gasteiger partial charge in [0.2, 0.25) is 0 Å². The highest BCUT2D eigenvalue weighted by molar-refractivity contribution is 5.23. The topological polar surface area (TPSA) is 40.5 Å². The molecule has 1 aromatic carbocycles. The first-order chi connectivity index (χ1) is 6.70. The average molecular weight is 190 g/mol. The van der Waals surface area contributed by atoms with Crippen LogP contribution in [-0.4, -0.2) is 15.8 Å². The standard InChI is InChI=1S/C12H14O2/c13-11(6-7-12(14)8-9-12)10-4-2-1-3-5-10/h1-7,11,13-14H,8-9H2/b7-6+. The quantitative estimate of drug-likeness (QED) is 0.713. The van der Waals surface area contributed by atoms with Crippen molar-refractivity contribution in [1.29, 1.82) is 0 Å². The van der Waals surface area contributed by atoms with E-state index in [1.807, 2.05) is 30.3 Å². The lowest BCUT2D eigenvalue weighted by Crippen LogP contribution is -2.02. The van der Waals surface area contributed by atoms with Crippen LogP contribution >= 0.6 is 0 Å². The van der Waals surface area contributed by atoms with Gasteiger partial charge in [-0.1, -0.05) is 42.5 Å². The molecule has 2 N–H and O–H groups in total. The molecule has 0 spiro atoms. The third-order valence-corrected chi connectivity index (χ3v) is 2.49. The van der Waals surface area contributed by atoms with Crippen molar-refractivity contribution < 1.29 is 10.2 Å². The second-order valence-corrected chi connectivity index (χ2v) is 3.82. The van der Waals surface area contributed by atoms with Crippen LogP contribution in [0.2, 0.25) is 0 Å². The number of rotatable bonds is 3. The maximum absolute atomic E-state index is 9.71. The lowest BCUT2D eigenvalue weighted by molar-refractivity contribution is 0.194. The van der Waals surface area contributed by atoms with Crippen molar-refractivity contribution in [2.24, 2.45) is 0 Å². The highest BCUT2D eigenvalue weighted by atomic mass is 16.3. The Labute approximate surface area is 83.5 Å². The van der Waals surface area contributed by atoms with Gasteiger partial charge >= 0.3 is 0 Å². The summed E-state index contributed by atoms with van der Waals surface area (Å²) in [6.07, 6.45) is 4.36. The van der Waals surface area contributed by atoms with E-state index in [0.717, 1.165) is 18.4 Å². The predicted octanol–water partition coefficient (Wildman–Crippen LogP) is 1.80. The number of aliphatic hydroxyl groups is 2. The minimum atomic E-state index is -0.629. The van der Waals surface area contributed by atoms with Gasteiger partial charge in [0.05, 0.1) is 11.7 Å². The highest BCUT2D eigenvalue weighted by Gasteiger charge is 2.37. The summed E-state index contributed by atoms with van der Waals surface area (Å²) in [6.45, 7) is 0. The van der Waals surface area contributed by atoms with Gasteiger partial charge in [0.1, 0.15) is 0 Å². The maximum Gasteiger partial charge on any atom is 0.0972 e. The Kier molecular flexibility index (Phi) is 2.40. The fraction of sp³-hybridized carbons (Fsp3) is 0.333. The van der Waals surface area contributed by atoms with E-state index in [9.17, 15) is 10.2 Å². The minimum absolute atomic E-state index is 0.610. The monoisotopic (exact) mass is 190 g/mol. The van der Waals surface area contributed by atoms with Gasteiger partial charge in [-0.05, 0) is 18.4 Å². The molecule has 1 fully saturated rings. The molecule has 1 aliphatic rings. The van der Waals surface area contributed by atoms with Crippen molar-refractivity contribution in [3.05, 3.63) is 48.0 Å². The van der Waals surface area contributed by atoms with Crippen molar-refractivity contribution in [3.8, 4) is 0 Å². The van der Waals surface area contributed by atoms with Gasteiger partial charge < -0.3 is 10.2 Å². The first-order valence-corrected chi connectivity index (χ1v) is 4.84. The number of hydrogen-bond donors (Lipinski definition) is 2. The van der Waals surface area contributed by atoms with Crippen LogP contribution in [0.3, 0.4) is 0 Å². The molecule has 2 nitrogen and oxygen atoms in total. The smallest absolute Gasteiger partial charge is 0.0972 e.